The Morgan fingerprint density at radius 3 is 2.50 bits per heavy atom. The second-order valence-electron chi connectivity index (χ2n) is 5.03. The van der Waals surface area contributed by atoms with Crippen molar-refractivity contribution in [3.05, 3.63) is 56.9 Å². The molecule has 104 valence electrons. The third-order valence-electron chi connectivity index (χ3n) is 3.57. The monoisotopic (exact) mass is 333 g/mol. The van der Waals surface area contributed by atoms with Crippen LogP contribution in [0.25, 0.3) is 0 Å². The highest BCUT2D eigenvalue weighted by atomic mass is 79.9. The molecular formula is C15H16BrN3O. The summed E-state index contributed by atoms with van der Waals surface area (Å²) in [5.41, 5.74) is 1.97. The lowest BCUT2D eigenvalue weighted by molar-refractivity contribution is 0.637. The Morgan fingerprint density at radius 1 is 1.15 bits per heavy atom. The minimum Gasteiger partial charge on any atom is -0.370 e. The maximum Gasteiger partial charge on any atom is 0.269 e. The molecule has 2 aromatic rings. The molecule has 1 aliphatic rings. The molecule has 0 spiro atoms. The van der Waals surface area contributed by atoms with Crippen LogP contribution in [0.2, 0.25) is 0 Å². The van der Waals surface area contributed by atoms with Gasteiger partial charge in [-0.1, -0.05) is 28.1 Å². The van der Waals surface area contributed by atoms with E-state index in [0.29, 0.717) is 6.54 Å². The molecule has 0 N–H and O–H groups in total. The van der Waals surface area contributed by atoms with Crippen molar-refractivity contribution in [2.24, 2.45) is 0 Å². The van der Waals surface area contributed by atoms with Crippen molar-refractivity contribution in [2.75, 3.05) is 18.0 Å². The normalized spacial score (nSPS) is 14.8. The first-order chi connectivity index (χ1) is 9.72. The number of hydrogen-bond acceptors (Lipinski definition) is 3. The molecule has 0 bridgehead atoms. The molecule has 4 nitrogen and oxygen atoms in total. The number of nitrogens with zero attached hydrogens (tertiary/aromatic N) is 3. The molecule has 0 amide bonds. The summed E-state index contributed by atoms with van der Waals surface area (Å²) >= 11 is 3.40. The zero-order valence-electron chi connectivity index (χ0n) is 11.1. The first-order valence-electron chi connectivity index (χ1n) is 6.79. The van der Waals surface area contributed by atoms with Crippen molar-refractivity contribution < 1.29 is 0 Å². The van der Waals surface area contributed by atoms with Crippen LogP contribution in [-0.2, 0) is 6.54 Å². The van der Waals surface area contributed by atoms with E-state index in [9.17, 15) is 4.79 Å². The Morgan fingerprint density at radius 2 is 1.85 bits per heavy atom. The molecule has 0 unspecified atom stereocenters. The summed E-state index contributed by atoms with van der Waals surface area (Å²) in [6.45, 7) is 2.56. The van der Waals surface area contributed by atoms with E-state index in [2.05, 4.69) is 25.9 Å². The van der Waals surface area contributed by atoms with Gasteiger partial charge in [-0.25, -0.2) is 4.68 Å². The van der Waals surface area contributed by atoms with Crippen molar-refractivity contribution >= 4 is 21.6 Å². The van der Waals surface area contributed by atoms with Gasteiger partial charge in [0.2, 0.25) is 0 Å². The predicted octanol–water partition coefficient (Wildman–Crippen LogP) is 2.65. The summed E-state index contributed by atoms with van der Waals surface area (Å²) in [7, 11) is 0. The van der Waals surface area contributed by atoms with Gasteiger partial charge in [-0.15, -0.1) is 0 Å². The summed E-state index contributed by atoms with van der Waals surface area (Å²) in [4.78, 5) is 14.4. The summed E-state index contributed by atoms with van der Waals surface area (Å²) in [5.74, 6) is 0. The molecule has 2 heterocycles. The molecule has 0 aliphatic carbocycles. The van der Waals surface area contributed by atoms with Gasteiger partial charge in [0.1, 0.15) is 0 Å². The molecule has 1 saturated heterocycles. The Hall–Kier alpha value is -1.62. The van der Waals surface area contributed by atoms with E-state index >= 15 is 0 Å². The zero-order valence-corrected chi connectivity index (χ0v) is 12.7. The smallest absolute Gasteiger partial charge is 0.269 e. The minimum atomic E-state index is -0.0441. The fraction of sp³-hybridized carbons (Fsp3) is 0.333. The fourth-order valence-corrected chi connectivity index (χ4v) is 2.72. The van der Waals surface area contributed by atoms with E-state index in [4.69, 9.17) is 0 Å². The molecule has 1 aromatic carbocycles. The molecular weight excluding hydrogens is 318 g/mol. The van der Waals surface area contributed by atoms with Gasteiger partial charge >= 0.3 is 0 Å². The molecule has 0 atom stereocenters. The maximum absolute atomic E-state index is 12.1. The Labute approximate surface area is 126 Å². The van der Waals surface area contributed by atoms with Crippen molar-refractivity contribution in [1.29, 1.82) is 0 Å². The second kappa shape index (κ2) is 5.79. The molecule has 3 rings (SSSR count). The molecule has 1 aliphatic heterocycles. The van der Waals surface area contributed by atoms with E-state index in [1.54, 1.807) is 12.3 Å². The molecule has 1 aromatic heterocycles. The Balaban J connectivity index is 1.80. The number of rotatable bonds is 3. The van der Waals surface area contributed by atoms with Gasteiger partial charge < -0.3 is 4.90 Å². The Bertz CT molecular complexity index is 645. The third-order valence-corrected chi connectivity index (χ3v) is 4.10. The fourth-order valence-electron chi connectivity index (χ4n) is 2.45. The van der Waals surface area contributed by atoms with E-state index in [0.717, 1.165) is 28.8 Å². The van der Waals surface area contributed by atoms with E-state index in [1.807, 2.05) is 24.3 Å². The maximum atomic E-state index is 12.1. The predicted molar refractivity (Wildman–Crippen MR) is 83.2 cm³/mol. The lowest BCUT2D eigenvalue weighted by Crippen LogP contribution is -2.26. The molecule has 1 fully saturated rings. The van der Waals surface area contributed by atoms with Crippen LogP contribution < -0.4 is 10.5 Å². The highest BCUT2D eigenvalue weighted by Crippen LogP contribution is 2.17. The Kier molecular flexibility index (Phi) is 3.87. The van der Waals surface area contributed by atoms with Crippen molar-refractivity contribution in [3.8, 4) is 0 Å². The highest BCUT2D eigenvalue weighted by Gasteiger charge is 2.13. The first kappa shape index (κ1) is 13.4. The molecule has 5 heteroatoms. The first-order valence-corrected chi connectivity index (χ1v) is 7.58. The van der Waals surface area contributed by atoms with Gasteiger partial charge in [0.05, 0.1) is 18.4 Å². The van der Waals surface area contributed by atoms with Gasteiger partial charge in [-0.3, -0.25) is 4.79 Å². The van der Waals surface area contributed by atoms with E-state index in [-0.39, 0.29) is 5.56 Å². The number of halogens is 1. The summed E-state index contributed by atoms with van der Waals surface area (Å²) in [6.07, 6.45) is 4.19. The average molecular weight is 334 g/mol. The van der Waals surface area contributed by atoms with Crippen LogP contribution in [-0.4, -0.2) is 22.9 Å². The average Bonchev–Trinajstić information content (AvgIpc) is 2.97. The SMILES string of the molecule is O=c1cc(N2CCCC2)cnn1Cc1ccc(Br)cc1. The topological polar surface area (TPSA) is 38.1 Å². The van der Waals surface area contributed by atoms with Crippen LogP contribution in [0.5, 0.6) is 0 Å². The second-order valence-corrected chi connectivity index (χ2v) is 5.95. The summed E-state index contributed by atoms with van der Waals surface area (Å²) in [5, 5.41) is 4.29. The van der Waals surface area contributed by atoms with Crippen molar-refractivity contribution in [3.63, 3.8) is 0 Å². The number of benzene rings is 1. The van der Waals surface area contributed by atoms with Crippen LogP contribution in [0.1, 0.15) is 18.4 Å². The zero-order chi connectivity index (χ0) is 13.9. The number of anilines is 1. The highest BCUT2D eigenvalue weighted by molar-refractivity contribution is 9.10. The van der Waals surface area contributed by atoms with Gasteiger partial charge in [0.25, 0.3) is 5.56 Å². The van der Waals surface area contributed by atoms with Gasteiger partial charge in [-0.05, 0) is 30.5 Å². The number of hydrogen-bond donors (Lipinski definition) is 0. The van der Waals surface area contributed by atoms with E-state index in [1.165, 1.54) is 17.5 Å². The quantitative estimate of drug-likeness (QED) is 0.866. The standard InChI is InChI=1S/C15H16BrN3O/c16-13-5-3-12(4-6-13)11-19-15(20)9-14(10-17-19)18-7-1-2-8-18/h3-6,9-10H,1-2,7-8,11H2. The molecule has 0 radical (unpaired) electrons. The van der Waals surface area contributed by atoms with Gasteiger partial charge in [0.15, 0.2) is 0 Å². The number of aromatic nitrogens is 2. The lowest BCUT2D eigenvalue weighted by Gasteiger charge is -2.17. The van der Waals surface area contributed by atoms with Crippen LogP contribution in [0.4, 0.5) is 5.69 Å². The minimum absolute atomic E-state index is 0.0441. The lowest BCUT2D eigenvalue weighted by atomic mass is 10.2. The summed E-state index contributed by atoms with van der Waals surface area (Å²) < 4.78 is 2.54. The van der Waals surface area contributed by atoms with E-state index < -0.39 is 0 Å². The molecule has 0 saturated carbocycles. The van der Waals surface area contributed by atoms with Crippen LogP contribution >= 0.6 is 15.9 Å². The summed E-state index contributed by atoms with van der Waals surface area (Å²) in [6, 6.07) is 9.62. The van der Waals surface area contributed by atoms with Crippen LogP contribution in [0.3, 0.4) is 0 Å². The van der Waals surface area contributed by atoms with Crippen LogP contribution in [0.15, 0.2) is 45.8 Å². The molecule has 20 heavy (non-hydrogen) atoms. The van der Waals surface area contributed by atoms with Gasteiger partial charge in [-0.2, -0.15) is 5.10 Å². The van der Waals surface area contributed by atoms with Crippen LogP contribution in [0, 0.1) is 0 Å². The third kappa shape index (κ3) is 2.93. The van der Waals surface area contributed by atoms with Gasteiger partial charge in [0, 0.05) is 23.6 Å². The largest absolute Gasteiger partial charge is 0.370 e. The van der Waals surface area contributed by atoms with Crippen molar-refractivity contribution in [2.45, 2.75) is 19.4 Å². The van der Waals surface area contributed by atoms with Crippen molar-refractivity contribution in [1.82, 2.24) is 9.78 Å².